The van der Waals surface area contributed by atoms with Crippen molar-refractivity contribution in [2.45, 2.75) is 32.9 Å². The van der Waals surface area contributed by atoms with Crippen molar-refractivity contribution in [2.24, 2.45) is 10.4 Å². The second-order valence-corrected chi connectivity index (χ2v) is 6.89. The van der Waals surface area contributed by atoms with Gasteiger partial charge in [0.15, 0.2) is 5.96 Å². The number of aliphatic imine (C=N–C) groups is 1. The SMILES string of the molecule is CCNC(=NCc1cc(Cl)ccc1OC(F)F)NCC1(CCO)CCOC1. The van der Waals surface area contributed by atoms with Crippen molar-refractivity contribution in [3.63, 3.8) is 0 Å². The number of halogens is 3. The third-order valence-corrected chi connectivity index (χ3v) is 4.68. The lowest BCUT2D eigenvalue weighted by Gasteiger charge is -2.27. The minimum atomic E-state index is -2.92. The van der Waals surface area contributed by atoms with Crippen molar-refractivity contribution >= 4 is 17.6 Å². The molecule has 3 N–H and O–H groups in total. The van der Waals surface area contributed by atoms with Gasteiger partial charge in [0.2, 0.25) is 0 Å². The molecule has 0 amide bonds. The van der Waals surface area contributed by atoms with Crippen molar-refractivity contribution in [2.75, 3.05) is 32.9 Å². The molecule has 1 unspecified atom stereocenters. The van der Waals surface area contributed by atoms with E-state index in [0.717, 1.165) is 6.42 Å². The first-order chi connectivity index (χ1) is 13.0. The first-order valence-electron chi connectivity index (χ1n) is 8.92. The minimum absolute atomic E-state index is 0.0509. The Kier molecular flexibility index (Phi) is 8.53. The number of alkyl halides is 2. The number of aliphatic hydroxyl groups excluding tert-OH is 1. The molecule has 6 nitrogen and oxygen atoms in total. The lowest BCUT2D eigenvalue weighted by molar-refractivity contribution is -0.0504. The van der Waals surface area contributed by atoms with Crippen LogP contribution in [0, 0.1) is 5.41 Å². The maximum absolute atomic E-state index is 12.6. The molecule has 1 aliphatic heterocycles. The maximum Gasteiger partial charge on any atom is 0.387 e. The van der Waals surface area contributed by atoms with E-state index in [0.29, 0.717) is 49.3 Å². The number of hydrogen-bond donors (Lipinski definition) is 3. The lowest BCUT2D eigenvalue weighted by atomic mass is 9.84. The van der Waals surface area contributed by atoms with Gasteiger partial charge in [0.25, 0.3) is 0 Å². The van der Waals surface area contributed by atoms with E-state index in [2.05, 4.69) is 20.4 Å². The Morgan fingerprint density at radius 2 is 2.26 bits per heavy atom. The summed E-state index contributed by atoms with van der Waals surface area (Å²) in [5.74, 6) is 0.597. The van der Waals surface area contributed by atoms with Crippen molar-refractivity contribution in [1.29, 1.82) is 0 Å². The zero-order valence-corrected chi connectivity index (χ0v) is 16.1. The zero-order valence-electron chi connectivity index (χ0n) is 15.3. The van der Waals surface area contributed by atoms with E-state index < -0.39 is 6.61 Å². The Morgan fingerprint density at radius 3 is 2.89 bits per heavy atom. The van der Waals surface area contributed by atoms with Gasteiger partial charge < -0.3 is 25.2 Å². The van der Waals surface area contributed by atoms with E-state index >= 15 is 0 Å². The van der Waals surface area contributed by atoms with Crippen LogP contribution in [0.15, 0.2) is 23.2 Å². The van der Waals surface area contributed by atoms with Gasteiger partial charge >= 0.3 is 6.61 Å². The van der Waals surface area contributed by atoms with Gasteiger partial charge in [0, 0.05) is 42.3 Å². The van der Waals surface area contributed by atoms with Gasteiger partial charge in [-0.2, -0.15) is 8.78 Å². The Hall–Kier alpha value is -1.64. The number of nitrogens with one attached hydrogen (secondary N) is 2. The third-order valence-electron chi connectivity index (χ3n) is 4.45. The van der Waals surface area contributed by atoms with E-state index in [-0.39, 0.29) is 24.3 Å². The number of nitrogens with zero attached hydrogens (tertiary/aromatic N) is 1. The summed E-state index contributed by atoms with van der Waals surface area (Å²) in [5.41, 5.74) is 0.333. The molecule has 0 radical (unpaired) electrons. The first kappa shape index (κ1) is 21.7. The summed E-state index contributed by atoms with van der Waals surface area (Å²) >= 11 is 5.97. The number of ether oxygens (including phenoxy) is 2. The highest BCUT2D eigenvalue weighted by molar-refractivity contribution is 6.30. The smallest absolute Gasteiger partial charge is 0.387 e. The molecule has 2 rings (SSSR count). The van der Waals surface area contributed by atoms with Gasteiger partial charge in [0.05, 0.1) is 13.2 Å². The molecule has 1 aromatic carbocycles. The molecule has 1 heterocycles. The van der Waals surface area contributed by atoms with Gasteiger partial charge in [-0.05, 0) is 38.0 Å². The van der Waals surface area contributed by atoms with Crippen molar-refractivity contribution < 1.29 is 23.4 Å². The van der Waals surface area contributed by atoms with E-state index in [9.17, 15) is 13.9 Å². The predicted molar refractivity (Wildman–Crippen MR) is 100 cm³/mol. The highest BCUT2D eigenvalue weighted by Crippen LogP contribution is 2.31. The van der Waals surface area contributed by atoms with Crippen molar-refractivity contribution in [1.82, 2.24) is 10.6 Å². The molecule has 1 saturated heterocycles. The van der Waals surface area contributed by atoms with Crippen molar-refractivity contribution in [3.8, 4) is 5.75 Å². The summed E-state index contributed by atoms with van der Waals surface area (Å²) in [6, 6.07) is 4.46. The van der Waals surface area contributed by atoms with Crippen LogP contribution in [-0.2, 0) is 11.3 Å². The fraction of sp³-hybridized carbons (Fsp3) is 0.611. The Bertz CT molecular complexity index is 626. The van der Waals surface area contributed by atoms with Gasteiger partial charge in [-0.15, -0.1) is 0 Å². The van der Waals surface area contributed by atoms with Crippen LogP contribution < -0.4 is 15.4 Å². The maximum atomic E-state index is 12.6. The Balaban J connectivity index is 2.07. The summed E-state index contributed by atoms with van der Waals surface area (Å²) in [6.45, 7) is 1.73. The molecule has 0 bridgehead atoms. The Labute approximate surface area is 162 Å². The van der Waals surface area contributed by atoms with E-state index in [4.69, 9.17) is 16.3 Å². The fourth-order valence-electron chi connectivity index (χ4n) is 2.97. The molecular weight excluding hydrogens is 380 g/mol. The van der Waals surface area contributed by atoms with Crippen LogP contribution in [0.25, 0.3) is 0 Å². The van der Waals surface area contributed by atoms with Gasteiger partial charge in [-0.3, -0.25) is 0 Å². The largest absolute Gasteiger partial charge is 0.434 e. The summed E-state index contributed by atoms with van der Waals surface area (Å²) in [6.07, 6.45) is 1.50. The molecule has 0 aliphatic carbocycles. The van der Waals surface area contributed by atoms with E-state index in [1.807, 2.05) is 6.92 Å². The summed E-state index contributed by atoms with van der Waals surface area (Å²) in [7, 11) is 0. The highest BCUT2D eigenvalue weighted by Gasteiger charge is 2.34. The molecule has 0 saturated carbocycles. The number of guanidine groups is 1. The average molecular weight is 406 g/mol. The fourth-order valence-corrected chi connectivity index (χ4v) is 3.17. The van der Waals surface area contributed by atoms with Gasteiger partial charge in [-0.25, -0.2) is 4.99 Å². The third kappa shape index (κ3) is 6.79. The molecule has 0 spiro atoms. The normalized spacial score (nSPS) is 20.1. The van der Waals surface area contributed by atoms with Crippen LogP contribution in [0.3, 0.4) is 0 Å². The standard InChI is InChI=1S/C18H26ClF2N3O3/c1-2-22-17(24-11-18(5-7-25)6-8-26-12-18)23-10-13-9-14(19)3-4-15(13)27-16(20)21/h3-4,9,16,25H,2,5-8,10-12H2,1H3,(H2,22,23,24). The van der Waals surface area contributed by atoms with E-state index in [1.54, 1.807) is 6.07 Å². The molecule has 0 aromatic heterocycles. The zero-order chi connectivity index (χ0) is 19.7. The summed E-state index contributed by atoms with van der Waals surface area (Å²) in [4.78, 5) is 4.45. The van der Waals surface area contributed by atoms with Gasteiger partial charge in [-0.1, -0.05) is 11.6 Å². The highest BCUT2D eigenvalue weighted by atomic mass is 35.5. The minimum Gasteiger partial charge on any atom is -0.434 e. The Morgan fingerprint density at radius 1 is 1.44 bits per heavy atom. The van der Waals surface area contributed by atoms with Crippen LogP contribution in [0.2, 0.25) is 5.02 Å². The number of aliphatic hydroxyl groups is 1. The molecule has 1 fully saturated rings. The monoisotopic (exact) mass is 405 g/mol. The lowest BCUT2D eigenvalue weighted by Crippen LogP contribution is -2.44. The predicted octanol–water partition coefficient (Wildman–Crippen LogP) is 2.79. The van der Waals surface area contributed by atoms with Crippen LogP contribution in [0.5, 0.6) is 5.75 Å². The van der Waals surface area contributed by atoms with E-state index in [1.165, 1.54) is 12.1 Å². The van der Waals surface area contributed by atoms with Gasteiger partial charge in [0.1, 0.15) is 5.75 Å². The number of rotatable bonds is 9. The molecule has 152 valence electrons. The van der Waals surface area contributed by atoms with Crippen LogP contribution in [0.4, 0.5) is 8.78 Å². The summed E-state index contributed by atoms with van der Waals surface area (Å²) < 4.78 is 35.2. The molecule has 1 atom stereocenters. The molecular formula is C18H26ClF2N3O3. The second-order valence-electron chi connectivity index (χ2n) is 6.46. The molecule has 9 heteroatoms. The van der Waals surface area contributed by atoms with Crippen LogP contribution in [-0.4, -0.2) is 50.6 Å². The van der Waals surface area contributed by atoms with Crippen LogP contribution >= 0.6 is 11.6 Å². The average Bonchev–Trinajstić information content (AvgIpc) is 3.08. The quantitative estimate of drug-likeness (QED) is 0.435. The summed E-state index contributed by atoms with van der Waals surface area (Å²) in [5, 5.41) is 16.1. The molecule has 1 aromatic rings. The van der Waals surface area contributed by atoms with Crippen molar-refractivity contribution in [3.05, 3.63) is 28.8 Å². The number of hydrogen-bond acceptors (Lipinski definition) is 4. The number of benzene rings is 1. The molecule has 27 heavy (non-hydrogen) atoms. The topological polar surface area (TPSA) is 75.1 Å². The second kappa shape index (κ2) is 10.6. The first-order valence-corrected chi connectivity index (χ1v) is 9.30. The molecule has 1 aliphatic rings. The van der Waals surface area contributed by atoms with Crippen LogP contribution in [0.1, 0.15) is 25.3 Å².